The average molecular weight is 294 g/mol. The lowest BCUT2D eigenvalue weighted by atomic mass is 10.1. The fourth-order valence-electron chi connectivity index (χ4n) is 2.41. The zero-order valence-corrected chi connectivity index (χ0v) is 11.2. The molecule has 4 aromatic rings. The number of carbonyl (C=O) groups is 1. The number of aromatic nitrogens is 3. The Morgan fingerprint density at radius 1 is 1.23 bits per heavy atom. The van der Waals surface area contributed by atoms with Crippen LogP contribution in [-0.2, 0) is 0 Å². The fourth-order valence-corrected chi connectivity index (χ4v) is 2.41. The molecule has 0 spiro atoms. The van der Waals surface area contributed by atoms with Crippen LogP contribution in [0.5, 0.6) is 0 Å². The maximum atomic E-state index is 10.7. The summed E-state index contributed by atoms with van der Waals surface area (Å²) >= 11 is 0. The normalized spacial score (nSPS) is 11.1. The van der Waals surface area contributed by atoms with Crippen LogP contribution in [0.3, 0.4) is 0 Å². The molecule has 0 radical (unpaired) electrons. The molecule has 7 nitrogen and oxygen atoms in total. The molecular formula is C15H10N4O3. The van der Waals surface area contributed by atoms with Crippen molar-refractivity contribution in [3.8, 4) is 11.3 Å². The Morgan fingerprint density at radius 3 is 2.95 bits per heavy atom. The number of hydrogen-bond acceptors (Lipinski definition) is 4. The molecule has 4 rings (SSSR count). The Bertz CT molecular complexity index is 1000. The first-order valence-electron chi connectivity index (χ1n) is 6.55. The van der Waals surface area contributed by atoms with Gasteiger partial charge in [0.1, 0.15) is 5.69 Å². The smallest absolute Gasteiger partial charge is 0.411 e. The van der Waals surface area contributed by atoms with Gasteiger partial charge in [-0.3, -0.25) is 5.32 Å². The maximum Gasteiger partial charge on any atom is 0.411 e. The molecule has 0 atom stereocenters. The molecule has 108 valence electrons. The van der Waals surface area contributed by atoms with E-state index in [2.05, 4.69) is 20.4 Å². The zero-order valence-electron chi connectivity index (χ0n) is 11.2. The van der Waals surface area contributed by atoms with Gasteiger partial charge in [-0.2, -0.15) is 0 Å². The Kier molecular flexibility index (Phi) is 2.59. The predicted octanol–water partition coefficient (Wildman–Crippen LogP) is 3.46. The number of H-pyrrole nitrogens is 1. The molecule has 7 heteroatoms. The van der Waals surface area contributed by atoms with Gasteiger partial charge in [-0.05, 0) is 24.3 Å². The van der Waals surface area contributed by atoms with Crippen molar-refractivity contribution in [3.63, 3.8) is 0 Å². The van der Waals surface area contributed by atoms with Crippen molar-refractivity contribution in [3.05, 3.63) is 42.5 Å². The number of nitrogens with one attached hydrogen (secondary N) is 2. The van der Waals surface area contributed by atoms with Crippen molar-refractivity contribution in [1.29, 1.82) is 0 Å². The fraction of sp³-hybridized carbons (Fsp3) is 0. The summed E-state index contributed by atoms with van der Waals surface area (Å²) < 4.78 is 5.31. The largest absolute Gasteiger partial charge is 0.465 e. The second-order valence-corrected chi connectivity index (χ2v) is 4.77. The summed E-state index contributed by atoms with van der Waals surface area (Å²) in [5.41, 5.74) is 3.68. The number of carboxylic acid groups (broad SMARTS) is 1. The Balaban J connectivity index is 1.83. The Morgan fingerprint density at radius 2 is 2.09 bits per heavy atom. The first-order chi connectivity index (χ1) is 10.7. The lowest BCUT2D eigenvalue weighted by molar-refractivity contribution is 0.209. The van der Waals surface area contributed by atoms with Crippen LogP contribution < -0.4 is 5.32 Å². The van der Waals surface area contributed by atoms with Crippen LogP contribution >= 0.6 is 0 Å². The number of nitrogens with zero attached hydrogens (tertiary/aromatic N) is 2. The highest BCUT2D eigenvalue weighted by molar-refractivity contribution is 5.94. The van der Waals surface area contributed by atoms with Gasteiger partial charge >= 0.3 is 6.09 Å². The third-order valence-electron chi connectivity index (χ3n) is 3.36. The van der Waals surface area contributed by atoms with Crippen molar-refractivity contribution in [2.45, 2.75) is 0 Å². The van der Waals surface area contributed by atoms with Gasteiger partial charge in [0.2, 0.25) is 5.95 Å². The van der Waals surface area contributed by atoms with E-state index in [0.717, 1.165) is 22.2 Å². The van der Waals surface area contributed by atoms with E-state index in [4.69, 9.17) is 9.63 Å². The monoisotopic (exact) mass is 294 g/mol. The zero-order chi connectivity index (χ0) is 15.1. The molecule has 22 heavy (non-hydrogen) atoms. The molecule has 0 saturated carbocycles. The molecule has 2 aromatic carbocycles. The Labute approximate surface area is 123 Å². The number of benzene rings is 2. The molecule has 1 amide bonds. The van der Waals surface area contributed by atoms with E-state index in [1.165, 1.54) is 0 Å². The number of rotatable bonds is 2. The van der Waals surface area contributed by atoms with Gasteiger partial charge < -0.3 is 14.6 Å². The minimum Gasteiger partial charge on any atom is -0.465 e. The van der Waals surface area contributed by atoms with Crippen LogP contribution in [0.2, 0.25) is 0 Å². The number of anilines is 1. The molecule has 2 heterocycles. The summed E-state index contributed by atoms with van der Waals surface area (Å²) in [6.45, 7) is 0. The lowest BCUT2D eigenvalue weighted by Gasteiger charge is -1.96. The van der Waals surface area contributed by atoms with Gasteiger partial charge in [-0.15, -0.1) is 0 Å². The molecule has 3 N–H and O–H groups in total. The molecule has 0 bridgehead atoms. The number of aromatic amines is 1. The molecular weight excluding hydrogens is 284 g/mol. The molecule has 0 aliphatic carbocycles. The van der Waals surface area contributed by atoms with Crippen LogP contribution in [-0.4, -0.2) is 26.3 Å². The summed E-state index contributed by atoms with van der Waals surface area (Å²) in [6.07, 6.45) is -1.17. The Hall–Kier alpha value is -3.35. The van der Waals surface area contributed by atoms with Crippen molar-refractivity contribution in [1.82, 2.24) is 15.1 Å². The highest BCUT2D eigenvalue weighted by atomic mass is 16.5. The summed E-state index contributed by atoms with van der Waals surface area (Å²) in [4.78, 5) is 17.7. The van der Waals surface area contributed by atoms with Gasteiger partial charge in [0, 0.05) is 10.9 Å². The first kappa shape index (κ1) is 12.4. The molecule has 0 fully saturated rings. The van der Waals surface area contributed by atoms with E-state index >= 15 is 0 Å². The van der Waals surface area contributed by atoms with Crippen molar-refractivity contribution in [2.24, 2.45) is 0 Å². The average Bonchev–Trinajstić information content (AvgIpc) is 3.08. The minimum absolute atomic E-state index is 0.185. The van der Waals surface area contributed by atoms with Crippen molar-refractivity contribution < 1.29 is 14.4 Å². The number of fused-ring (bicyclic) bond motifs is 2. The number of amides is 1. The lowest BCUT2D eigenvalue weighted by Crippen LogP contribution is -2.08. The number of hydrogen-bond donors (Lipinski definition) is 3. The number of imidazole rings is 1. The number of para-hydroxylation sites is 1. The highest BCUT2D eigenvalue weighted by Gasteiger charge is 2.12. The van der Waals surface area contributed by atoms with Crippen LogP contribution in [0.15, 0.2) is 47.0 Å². The SMILES string of the molecule is O=C(O)Nc1nc2cc(-c3noc4ccccc34)ccc2[nH]1. The molecule has 0 unspecified atom stereocenters. The third kappa shape index (κ3) is 1.96. The van der Waals surface area contributed by atoms with Crippen LogP contribution in [0, 0.1) is 0 Å². The summed E-state index contributed by atoms with van der Waals surface area (Å²) in [6, 6.07) is 13.1. The highest BCUT2D eigenvalue weighted by Crippen LogP contribution is 2.29. The van der Waals surface area contributed by atoms with Gasteiger partial charge in [0.05, 0.1) is 11.0 Å². The van der Waals surface area contributed by atoms with Gasteiger partial charge in [-0.25, -0.2) is 9.78 Å². The van der Waals surface area contributed by atoms with Crippen molar-refractivity contribution in [2.75, 3.05) is 5.32 Å². The van der Waals surface area contributed by atoms with Crippen LogP contribution in [0.1, 0.15) is 0 Å². The summed E-state index contributed by atoms with van der Waals surface area (Å²) in [7, 11) is 0. The van der Waals surface area contributed by atoms with Gasteiger partial charge in [-0.1, -0.05) is 23.4 Å². The third-order valence-corrected chi connectivity index (χ3v) is 3.36. The quantitative estimate of drug-likeness (QED) is 0.525. The van der Waals surface area contributed by atoms with E-state index in [1.54, 1.807) is 0 Å². The van der Waals surface area contributed by atoms with E-state index in [1.807, 2.05) is 42.5 Å². The van der Waals surface area contributed by atoms with E-state index in [-0.39, 0.29) is 5.95 Å². The summed E-state index contributed by atoms with van der Waals surface area (Å²) in [5, 5.41) is 15.9. The van der Waals surface area contributed by atoms with E-state index in [0.29, 0.717) is 11.1 Å². The second-order valence-electron chi connectivity index (χ2n) is 4.77. The van der Waals surface area contributed by atoms with E-state index < -0.39 is 6.09 Å². The minimum atomic E-state index is -1.17. The standard InChI is InChI=1S/C15H10N4O3/c20-15(21)18-14-16-10-6-5-8(7-11(10)17-14)13-9-3-1-2-4-12(9)22-19-13/h1-7H,(H,20,21)(H2,16,17,18). The summed E-state index contributed by atoms with van der Waals surface area (Å²) in [5.74, 6) is 0.185. The van der Waals surface area contributed by atoms with Crippen molar-refractivity contribution >= 4 is 34.0 Å². The first-order valence-corrected chi connectivity index (χ1v) is 6.55. The molecule has 0 aliphatic heterocycles. The van der Waals surface area contributed by atoms with Gasteiger partial charge in [0.25, 0.3) is 0 Å². The van der Waals surface area contributed by atoms with Crippen LogP contribution in [0.25, 0.3) is 33.3 Å². The topological polar surface area (TPSA) is 104 Å². The maximum absolute atomic E-state index is 10.7. The van der Waals surface area contributed by atoms with E-state index in [9.17, 15) is 4.79 Å². The second kappa shape index (κ2) is 4.59. The molecule has 0 aliphatic rings. The predicted molar refractivity (Wildman–Crippen MR) is 80.7 cm³/mol. The molecule has 2 aromatic heterocycles. The molecule has 0 saturated heterocycles. The van der Waals surface area contributed by atoms with Crippen LogP contribution in [0.4, 0.5) is 10.7 Å². The van der Waals surface area contributed by atoms with Gasteiger partial charge in [0.15, 0.2) is 5.58 Å².